The molecule has 1 atom stereocenters. The molecule has 1 N–H and O–H groups in total. The highest BCUT2D eigenvalue weighted by molar-refractivity contribution is 8.00. The second kappa shape index (κ2) is 4.82. The maximum absolute atomic E-state index is 11.1. The van der Waals surface area contributed by atoms with Crippen molar-refractivity contribution in [3.63, 3.8) is 0 Å². The van der Waals surface area contributed by atoms with Gasteiger partial charge in [-0.2, -0.15) is 0 Å². The van der Waals surface area contributed by atoms with Gasteiger partial charge in [-0.25, -0.2) is 0 Å². The van der Waals surface area contributed by atoms with Gasteiger partial charge < -0.3 is 5.11 Å². The van der Waals surface area contributed by atoms with Crippen molar-refractivity contribution < 1.29 is 9.90 Å². The van der Waals surface area contributed by atoms with Crippen molar-refractivity contribution in [2.24, 2.45) is 0 Å². The topological polar surface area (TPSA) is 67.5 Å². The number of carboxylic acid groups (broad SMARTS) is 1. The molecule has 0 aliphatic heterocycles. The van der Waals surface area contributed by atoms with Crippen LogP contribution in [0.3, 0.4) is 0 Å². The minimum atomic E-state index is -0.816. The lowest BCUT2D eigenvalue weighted by Crippen LogP contribution is -2.15. The van der Waals surface area contributed by atoms with E-state index in [1.807, 2.05) is 35.6 Å². The second-order valence-corrected chi connectivity index (χ2v) is 6.20. The van der Waals surface area contributed by atoms with Crippen LogP contribution in [0.1, 0.15) is 13.3 Å². The van der Waals surface area contributed by atoms with E-state index in [0.717, 1.165) is 15.2 Å². The maximum Gasteiger partial charge on any atom is 0.317 e. The molecular weight excluding hydrogens is 282 g/mol. The molecule has 3 rings (SSSR count). The van der Waals surface area contributed by atoms with E-state index >= 15 is 0 Å². The summed E-state index contributed by atoms with van der Waals surface area (Å²) in [5, 5.41) is 17.5. The number of thiazole rings is 1. The van der Waals surface area contributed by atoms with Crippen LogP contribution in [-0.2, 0) is 4.79 Å². The van der Waals surface area contributed by atoms with Crippen molar-refractivity contribution in [3.8, 4) is 0 Å². The van der Waals surface area contributed by atoms with E-state index in [9.17, 15) is 4.79 Å². The zero-order valence-corrected chi connectivity index (χ0v) is 11.7. The third kappa shape index (κ3) is 2.08. The Morgan fingerprint density at radius 1 is 1.47 bits per heavy atom. The normalized spacial score (nSPS) is 13.1. The van der Waals surface area contributed by atoms with Crippen molar-refractivity contribution in [2.75, 3.05) is 0 Å². The van der Waals surface area contributed by atoms with E-state index < -0.39 is 11.2 Å². The Hall–Kier alpha value is -1.60. The number of thioether (sulfide) groups is 1. The molecule has 0 radical (unpaired) electrons. The number of rotatable bonds is 4. The first-order chi connectivity index (χ1) is 9.20. The Kier molecular flexibility index (Phi) is 3.16. The third-order valence-electron chi connectivity index (χ3n) is 2.80. The van der Waals surface area contributed by atoms with Crippen molar-refractivity contribution in [3.05, 3.63) is 24.3 Å². The summed E-state index contributed by atoms with van der Waals surface area (Å²) in [7, 11) is 0. The number of carboxylic acids is 1. The van der Waals surface area contributed by atoms with Crippen molar-refractivity contribution in [1.29, 1.82) is 0 Å². The number of hydrogen-bond donors (Lipinski definition) is 1. The van der Waals surface area contributed by atoms with Crippen LogP contribution in [0.15, 0.2) is 29.4 Å². The zero-order chi connectivity index (χ0) is 13.4. The molecule has 5 nitrogen and oxygen atoms in total. The van der Waals surface area contributed by atoms with E-state index in [1.54, 1.807) is 11.3 Å². The van der Waals surface area contributed by atoms with Gasteiger partial charge in [-0.3, -0.25) is 9.20 Å². The van der Waals surface area contributed by atoms with E-state index in [2.05, 4.69) is 10.2 Å². The highest BCUT2D eigenvalue weighted by Crippen LogP contribution is 2.31. The van der Waals surface area contributed by atoms with E-state index in [0.29, 0.717) is 11.6 Å². The van der Waals surface area contributed by atoms with Crippen LogP contribution in [0.25, 0.3) is 15.2 Å². The quantitative estimate of drug-likeness (QED) is 0.749. The molecule has 98 valence electrons. The van der Waals surface area contributed by atoms with E-state index in [4.69, 9.17) is 5.11 Å². The van der Waals surface area contributed by atoms with Crippen LogP contribution in [0.4, 0.5) is 0 Å². The standard InChI is InChI=1S/C12H11N3O2S2/c1-2-8(10(16)17)18-11-13-14-12-15(11)7-5-3-4-6-9(7)19-12/h3-6,8H,2H2,1H3,(H,16,17)/t8-/m0/s1. The fourth-order valence-electron chi connectivity index (χ4n) is 1.87. The van der Waals surface area contributed by atoms with Crippen LogP contribution in [0.2, 0.25) is 0 Å². The fraction of sp³-hybridized carbons (Fsp3) is 0.250. The lowest BCUT2D eigenvalue weighted by molar-refractivity contribution is -0.136. The lowest BCUT2D eigenvalue weighted by atomic mass is 10.3. The SMILES string of the molecule is CC[C@H](Sc1nnc2sc3ccccc3n12)C(=O)O. The fourth-order valence-corrected chi connectivity index (χ4v) is 3.79. The maximum atomic E-state index is 11.1. The van der Waals surface area contributed by atoms with Gasteiger partial charge in [0, 0.05) is 0 Å². The molecule has 7 heteroatoms. The van der Waals surface area contributed by atoms with Crippen molar-refractivity contribution >= 4 is 44.2 Å². The molecule has 0 amide bonds. The molecule has 0 bridgehead atoms. The number of aliphatic carboxylic acids is 1. The molecule has 0 spiro atoms. The number of benzene rings is 1. The Balaban J connectivity index is 2.11. The van der Waals surface area contributed by atoms with Gasteiger partial charge in [0.25, 0.3) is 0 Å². The Labute approximate surface area is 117 Å². The summed E-state index contributed by atoms with van der Waals surface area (Å²) >= 11 is 2.80. The van der Waals surface area contributed by atoms with Gasteiger partial charge in [-0.1, -0.05) is 42.2 Å². The smallest absolute Gasteiger partial charge is 0.317 e. The van der Waals surface area contributed by atoms with Crippen molar-refractivity contribution in [2.45, 2.75) is 23.8 Å². The molecule has 0 fully saturated rings. The van der Waals surface area contributed by atoms with Crippen LogP contribution in [0, 0.1) is 0 Å². The van der Waals surface area contributed by atoms with Crippen LogP contribution in [0.5, 0.6) is 0 Å². The summed E-state index contributed by atoms with van der Waals surface area (Å²) in [4.78, 5) is 11.9. The Morgan fingerprint density at radius 2 is 2.26 bits per heavy atom. The molecule has 0 saturated heterocycles. The van der Waals surface area contributed by atoms with Crippen LogP contribution in [-0.4, -0.2) is 30.9 Å². The molecule has 0 aliphatic rings. The molecule has 2 aromatic heterocycles. The molecule has 2 heterocycles. The summed E-state index contributed by atoms with van der Waals surface area (Å²) in [6.07, 6.45) is 0.553. The summed E-state index contributed by atoms with van der Waals surface area (Å²) in [6.45, 7) is 1.86. The summed E-state index contributed by atoms with van der Waals surface area (Å²) in [6, 6.07) is 7.95. The predicted molar refractivity (Wildman–Crippen MR) is 75.9 cm³/mol. The summed E-state index contributed by atoms with van der Waals surface area (Å²) in [5.41, 5.74) is 1.02. The first-order valence-electron chi connectivity index (χ1n) is 5.83. The number of fused-ring (bicyclic) bond motifs is 3. The minimum absolute atomic E-state index is 0.494. The molecular formula is C12H11N3O2S2. The largest absolute Gasteiger partial charge is 0.480 e. The zero-order valence-electron chi connectivity index (χ0n) is 10.1. The highest BCUT2D eigenvalue weighted by atomic mass is 32.2. The van der Waals surface area contributed by atoms with Gasteiger partial charge in [0.2, 0.25) is 4.96 Å². The van der Waals surface area contributed by atoms with Gasteiger partial charge in [0.1, 0.15) is 5.25 Å². The number of hydrogen-bond acceptors (Lipinski definition) is 5. The molecule has 0 aliphatic carbocycles. The Morgan fingerprint density at radius 3 is 3.00 bits per heavy atom. The van der Waals surface area contributed by atoms with Crippen LogP contribution >= 0.6 is 23.1 Å². The number of nitrogens with zero attached hydrogens (tertiary/aromatic N) is 3. The number of aromatic nitrogens is 3. The lowest BCUT2D eigenvalue weighted by Gasteiger charge is -2.06. The summed E-state index contributed by atoms with van der Waals surface area (Å²) < 4.78 is 3.05. The average molecular weight is 293 g/mol. The third-order valence-corrected chi connectivity index (χ3v) is 5.11. The molecule has 0 saturated carbocycles. The first-order valence-corrected chi connectivity index (χ1v) is 7.52. The molecule has 1 aromatic carbocycles. The molecule has 0 unspecified atom stereocenters. The molecule has 3 aromatic rings. The van der Waals surface area contributed by atoms with Gasteiger partial charge in [-0.05, 0) is 18.6 Å². The monoisotopic (exact) mass is 293 g/mol. The highest BCUT2D eigenvalue weighted by Gasteiger charge is 2.21. The second-order valence-electron chi connectivity index (χ2n) is 4.02. The molecule has 19 heavy (non-hydrogen) atoms. The number of para-hydroxylation sites is 1. The average Bonchev–Trinajstić information content (AvgIpc) is 2.94. The van der Waals surface area contributed by atoms with E-state index in [-0.39, 0.29) is 0 Å². The van der Waals surface area contributed by atoms with E-state index in [1.165, 1.54) is 11.8 Å². The number of carbonyl (C=O) groups is 1. The van der Waals surface area contributed by atoms with Crippen molar-refractivity contribution in [1.82, 2.24) is 14.6 Å². The minimum Gasteiger partial charge on any atom is -0.480 e. The van der Waals surface area contributed by atoms with Gasteiger partial charge >= 0.3 is 5.97 Å². The summed E-state index contributed by atoms with van der Waals surface area (Å²) in [5.74, 6) is -0.816. The van der Waals surface area contributed by atoms with Crippen LogP contribution < -0.4 is 0 Å². The van der Waals surface area contributed by atoms with Gasteiger partial charge in [0.15, 0.2) is 5.16 Å². The Bertz CT molecular complexity index is 750. The van der Waals surface area contributed by atoms with Gasteiger partial charge in [-0.15, -0.1) is 10.2 Å². The first kappa shape index (κ1) is 12.4. The van der Waals surface area contributed by atoms with Gasteiger partial charge in [0.05, 0.1) is 10.2 Å². The predicted octanol–water partition coefficient (Wildman–Crippen LogP) is 2.90.